The molecule has 0 aromatic heterocycles. The predicted octanol–water partition coefficient (Wildman–Crippen LogP) is 2.02. The number of carbonyl (C=O) groups excluding carboxylic acids is 1. The van der Waals surface area contributed by atoms with Gasteiger partial charge in [-0.2, -0.15) is 18.4 Å². The summed E-state index contributed by atoms with van der Waals surface area (Å²) in [6.45, 7) is 0. The molecule has 0 unspecified atom stereocenters. The molecule has 0 aliphatic carbocycles. The zero-order chi connectivity index (χ0) is 13.9. The molecule has 0 fully saturated rings. The Bertz CT molecular complexity index is 544. The molecule has 1 aromatic rings. The highest BCUT2D eigenvalue weighted by molar-refractivity contribution is 5.82. The van der Waals surface area contributed by atoms with E-state index in [0.29, 0.717) is 12.1 Å². The second-order valence-electron chi connectivity index (χ2n) is 3.40. The van der Waals surface area contributed by atoms with E-state index in [1.807, 2.05) is 0 Å². The van der Waals surface area contributed by atoms with E-state index >= 15 is 0 Å². The minimum absolute atomic E-state index is 0.0964. The van der Waals surface area contributed by atoms with E-state index in [-0.39, 0.29) is 17.4 Å². The average Bonchev–Trinajstić information content (AvgIpc) is 2.25. The highest BCUT2D eigenvalue weighted by Crippen LogP contribution is 2.32. The van der Waals surface area contributed by atoms with Gasteiger partial charge in [0.25, 0.3) is 0 Å². The Morgan fingerprint density at radius 2 is 2.06 bits per heavy atom. The van der Waals surface area contributed by atoms with Crippen molar-refractivity contribution in [1.82, 2.24) is 0 Å². The summed E-state index contributed by atoms with van der Waals surface area (Å²) in [6.07, 6.45) is -5.37. The summed E-state index contributed by atoms with van der Waals surface area (Å²) in [4.78, 5) is 21.2. The Morgan fingerprint density at radius 3 is 2.44 bits per heavy atom. The molecule has 0 atom stereocenters. The second-order valence-corrected chi connectivity index (χ2v) is 3.40. The molecule has 7 heteroatoms. The fraction of sp³-hybridized carbons (Fsp3) is 0.182. The maximum Gasteiger partial charge on any atom is 0.416 e. The summed E-state index contributed by atoms with van der Waals surface area (Å²) >= 11 is 0. The number of hydrogen-bond donors (Lipinski definition) is 1. The van der Waals surface area contributed by atoms with Crippen molar-refractivity contribution in [3.05, 3.63) is 34.4 Å². The molecule has 1 aromatic carbocycles. The van der Waals surface area contributed by atoms with Crippen LogP contribution in [0.3, 0.4) is 0 Å². The number of aliphatic carboxylic acids is 1. The lowest BCUT2D eigenvalue weighted by atomic mass is 9.96. The van der Waals surface area contributed by atoms with E-state index < -0.39 is 29.7 Å². The van der Waals surface area contributed by atoms with Crippen LogP contribution in [0.15, 0.2) is 12.1 Å². The van der Waals surface area contributed by atoms with Gasteiger partial charge >= 0.3 is 12.1 Å². The van der Waals surface area contributed by atoms with Crippen molar-refractivity contribution in [2.75, 3.05) is 0 Å². The zero-order valence-electron chi connectivity index (χ0n) is 8.78. The fourth-order valence-electron chi connectivity index (χ4n) is 1.42. The monoisotopic (exact) mass is 257 g/mol. The summed E-state index contributed by atoms with van der Waals surface area (Å²) in [6, 6.07) is 2.63. The van der Waals surface area contributed by atoms with Gasteiger partial charge in [-0.3, -0.25) is 9.59 Å². The molecule has 18 heavy (non-hydrogen) atoms. The molecule has 1 N–H and O–H groups in total. The van der Waals surface area contributed by atoms with Gasteiger partial charge in [0.2, 0.25) is 0 Å². The molecular weight excluding hydrogens is 251 g/mol. The first-order valence-corrected chi connectivity index (χ1v) is 4.60. The van der Waals surface area contributed by atoms with Crippen LogP contribution < -0.4 is 0 Å². The minimum Gasteiger partial charge on any atom is -0.481 e. The normalized spacial score (nSPS) is 10.8. The molecule has 0 heterocycles. The number of alkyl halides is 3. The smallest absolute Gasteiger partial charge is 0.416 e. The lowest BCUT2D eigenvalue weighted by Gasteiger charge is -2.11. The number of carbonyl (C=O) groups is 2. The van der Waals surface area contributed by atoms with Gasteiger partial charge in [-0.05, 0) is 17.7 Å². The first-order valence-electron chi connectivity index (χ1n) is 4.60. The van der Waals surface area contributed by atoms with Crippen LogP contribution >= 0.6 is 0 Å². The van der Waals surface area contributed by atoms with Crippen LogP contribution in [-0.2, 0) is 17.4 Å². The number of hydrogen-bond acceptors (Lipinski definition) is 3. The van der Waals surface area contributed by atoms with E-state index in [1.165, 1.54) is 6.07 Å². The van der Waals surface area contributed by atoms with Crippen LogP contribution in [-0.4, -0.2) is 17.4 Å². The fourth-order valence-corrected chi connectivity index (χ4v) is 1.42. The van der Waals surface area contributed by atoms with Crippen molar-refractivity contribution < 1.29 is 27.9 Å². The molecule has 0 aliphatic rings. The molecule has 0 spiro atoms. The van der Waals surface area contributed by atoms with Crippen LogP contribution in [0.25, 0.3) is 0 Å². The predicted molar refractivity (Wildman–Crippen MR) is 52.9 cm³/mol. The van der Waals surface area contributed by atoms with Gasteiger partial charge in [-0.25, -0.2) is 0 Å². The molecule has 0 bridgehead atoms. The molecule has 0 saturated carbocycles. The maximum absolute atomic E-state index is 12.5. The van der Waals surface area contributed by atoms with Gasteiger partial charge in [0.1, 0.15) is 6.07 Å². The van der Waals surface area contributed by atoms with Gasteiger partial charge in [0, 0.05) is 5.56 Å². The van der Waals surface area contributed by atoms with Gasteiger partial charge in [-0.1, -0.05) is 0 Å². The Balaban J connectivity index is 3.51. The molecule has 0 radical (unpaired) electrons. The lowest BCUT2D eigenvalue weighted by Crippen LogP contribution is -2.11. The molecule has 0 amide bonds. The molecule has 0 aliphatic heterocycles. The van der Waals surface area contributed by atoms with Crippen LogP contribution in [0.5, 0.6) is 0 Å². The number of halogens is 3. The van der Waals surface area contributed by atoms with E-state index in [2.05, 4.69) is 0 Å². The van der Waals surface area contributed by atoms with Crippen LogP contribution in [0.2, 0.25) is 0 Å². The van der Waals surface area contributed by atoms with Crippen molar-refractivity contribution in [2.24, 2.45) is 0 Å². The van der Waals surface area contributed by atoms with Crippen LogP contribution in [0.1, 0.15) is 27.0 Å². The molecule has 4 nitrogen and oxygen atoms in total. The van der Waals surface area contributed by atoms with Gasteiger partial charge in [0.05, 0.1) is 17.5 Å². The SMILES string of the molecule is N#Cc1c(C=O)cc(C(F)(F)F)cc1CC(=O)O. The highest BCUT2D eigenvalue weighted by atomic mass is 19.4. The Labute approximate surface area is 99.3 Å². The maximum atomic E-state index is 12.5. The lowest BCUT2D eigenvalue weighted by molar-refractivity contribution is -0.138. The number of nitriles is 1. The summed E-state index contributed by atoms with van der Waals surface area (Å²) in [5.41, 5.74) is -2.30. The average molecular weight is 257 g/mol. The minimum atomic E-state index is -4.71. The third-order valence-electron chi connectivity index (χ3n) is 2.16. The third-order valence-corrected chi connectivity index (χ3v) is 2.16. The second kappa shape index (κ2) is 4.87. The largest absolute Gasteiger partial charge is 0.481 e. The van der Waals surface area contributed by atoms with Crippen molar-refractivity contribution in [3.63, 3.8) is 0 Å². The van der Waals surface area contributed by atoms with Crippen LogP contribution in [0, 0.1) is 11.3 Å². The number of carboxylic acid groups (broad SMARTS) is 1. The molecule has 0 saturated heterocycles. The summed E-state index contributed by atoms with van der Waals surface area (Å²) < 4.78 is 37.5. The summed E-state index contributed by atoms with van der Waals surface area (Å²) in [5, 5.41) is 17.3. The number of carboxylic acids is 1. The first-order chi connectivity index (χ1) is 8.29. The number of benzene rings is 1. The summed E-state index contributed by atoms with van der Waals surface area (Å²) in [5.74, 6) is -1.39. The Kier molecular flexibility index (Phi) is 3.71. The number of aldehydes is 1. The molecule has 94 valence electrons. The first kappa shape index (κ1) is 13.7. The van der Waals surface area contributed by atoms with Gasteiger partial charge < -0.3 is 5.11 Å². The van der Waals surface area contributed by atoms with Crippen molar-refractivity contribution in [3.8, 4) is 6.07 Å². The standard InChI is InChI=1S/C11H6F3NO3/c12-11(13,14)8-1-6(3-10(17)18)9(4-15)7(2-8)5-16/h1-2,5H,3H2,(H,17,18). The van der Waals surface area contributed by atoms with E-state index in [9.17, 15) is 22.8 Å². The van der Waals surface area contributed by atoms with Crippen LogP contribution in [0.4, 0.5) is 13.2 Å². The van der Waals surface area contributed by atoms with Crippen molar-refractivity contribution >= 4 is 12.3 Å². The number of nitrogens with zero attached hydrogens (tertiary/aromatic N) is 1. The van der Waals surface area contributed by atoms with E-state index in [1.54, 1.807) is 0 Å². The summed E-state index contributed by atoms with van der Waals surface area (Å²) in [7, 11) is 0. The van der Waals surface area contributed by atoms with Crippen molar-refractivity contribution in [2.45, 2.75) is 12.6 Å². The topological polar surface area (TPSA) is 78.2 Å². The van der Waals surface area contributed by atoms with E-state index in [0.717, 1.165) is 0 Å². The third kappa shape index (κ3) is 2.85. The highest BCUT2D eigenvalue weighted by Gasteiger charge is 2.32. The van der Waals surface area contributed by atoms with Crippen molar-refractivity contribution in [1.29, 1.82) is 5.26 Å². The number of rotatable bonds is 3. The molecule has 1 rings (SSSR count). The van der Waals surface area contributed by atoms with Gasteiger partial charge in [0.15, 0.2) is 6.29 Å². The Hall–Kier alpha value is -2.36. The molecular formula is C11H6F3NO3. The van der Waals surface area contributed by atoms with Gasteiger partial charge in [-0.15, -0.1) is 0 Å². The zero-order valence-corrected chi connectivity index (χ0v) is 8.78. The Morgan fingerprint density at radius 1 is 1.44 bits per heavy atom. The quantitative estimate of drug-likeness (QED) is 0.840. The van der Waals surface area contributed by atoms with E-state index in [4.69, 9.17) is 10.4 Å².